The van der Waals surface area contributed by atoms with Gasteiger partial charge in [-0.05, 0) is 49.1 Å². The molecule has 0 aromatic heterocycles. The van der Waals surface area contributed by atoms with Crippen LogP contribution in [0.5, 0.6) is 5.75 Å². The smallest absolute Gasteiger partial charge is 0.254 e. The van der Waals surface area contributed by atoms with E-state index < -0.39 is 10.0 Å². The van der Waals surface area contributed by atoms with Gasteiger partial charge < -0.3 is 9.64 Å². The van der Waals surface area contributed by atoms with Gasteiger partial charge in [0, 0.05) is 36.3 Å². The Bertz CT molecular complexity index is 1040. The van der Waals surface area contributed by atoms with Crippen molar-refractivity contribution in [3.63, 3.8) is 0 Å². The van der Waals surface area contributed by atoms with E-state index in [0.29, 0.717) is 36.6 Å². The molecule has 1 unspecified atom stereocenters. The third kappa shape index (κ3) is 4.89. The van der Waals surface area contributed by atoms with Gasteiger partial charge in [-0.2, -0.15) is 4.31 Å². The second-order valence-electron chi connectivity index (χ2n) is 7.55. The van der Waals surface area contributed by atoms with Gasteiger partial charge >= 0.3 is 0 Å². The SMILES string of the molecule is CCN(CC)S(=O)(=O)c1cc(C(=O)N2CCCC2Cc2ccccc2Cl)ccc1OC. The number of sulfonamides is 1. The highest BCUT2D eigenvalue weighted by Crippen LogP contribution is 2.30. The fourth-order valence-electron chi connectivity index (χ4n) is 4.11. The van der Waals surface area contributed by atoms with Crippen molar-refractivity contribution in [2.45, 2.75) is 44.0 Å². The fourth-order valence-corrected chi connectivity index (χ4v) is 5.97. The maximum absolute atomic E-state index is 13.4. The molecular weight excluding hydrogens is 436 g/mol. The molecule has 0 saturated carbocycles. The summed E-state index contributed by atoms with van der Waals surface area (Å²) in [6, 6.07) is 12.3. The first-order valence-electron chi connectivity index (χ1n) is 10.6. The molecule has 1 saturated heterocycles. The van der Waals surface area contributed by atoms with Gasteiger partial charge in [-0.3, -0.25) is 4.79 Å². The highest BCUT2D eigenvalue weighted by molar-refractivity contribution is 7.89. The number of hydrogen-bond donors (Lipinski definition) is 0. The van der Waals surface area contributed by atoms with E-state index in [2.05, 4.69) is 0 Å². The molecule has 0 spiro atoms. The highest BCUT2D eigenvalue weighted by Gasteiger charge is 2.32. The maximum atomic E-state index is 13.4. The topological polar surface area (TPSA) is 66.9 Å². The lowest BCUT2D eigenvalue weighted by molar-refractivity contribution is 0.0736. The number of hydrogen-bond acceptors (Lipinski definition) is 4. The number of carbonyl (C=O) groups is 1. The Morgan fingerprint density at radius 1 is 1.19 bits per heavy atom. The van der Waals surface area contributed by atoms with Crippen molar-refractivity contribution in [3.05, 3.63) is 58.6 Å². The predicted molar refractivity (Wildman–Crippen MR) is 122 cm³/mol. The molecule has 31 heavy (non-hydrogen) atoms. The Balaban J connectivity index is 1.91. The number of likely N-dealkylation sites (tertiary alicyclic amines) is 1. The molecule has 0 radical (unpaired) electrons. The molecule has 2 aromatic carbocycles. The van der Waals surface area contributed by atoms with Crippen LogP contribution < -0.4 is 4.74 Å². The molecule has 1 aliphatic rings. The Hall–Kier alpha value is -2.09. The number of halogens is 1. The molecule has 0 aliphatic carbocycles. The summed E-state index contributed by atoms with van der Waals surface area (Å²) < 4.78 is 32.9. The van der Waals surface area contributed by atoms with Crippen LogP contribution in [0.2, 0.25) is 5.02 Å². The monoisotopic (exact) mass is 464 g/mol. The van der Waals surface area contributed by atoms with Gasteiger partial charge in [0.25, 0.3) is 5.91 Å². The first kappa shape index (κ1) is 23.6. The quantitative estimate of drug-likeness (QED) is 0.586. The van der Waals surface area contributed by atoms with Gasteiger partial charge in [-0.1, -0.05) is 43.6 Å². The second-order valence-corrected chi connectivity index (χ2v) is 9.86. The van der Waals surface area contributed by atoms with Gasteiger partial charge in [0.2, 0.25) is 10.0 Å². The largest absolute Gasteiger partial charge is 0.495 e. The molecular formula is C23H29ClN2O4S. The van der Waals surface area contributed by atoms with E-state index in [-0.39, 0.29) is 22.6 Å². The zero-order chi connectivity index (χ0) is 22.6. The number of nitrogens with zero attached hydrogens (tertiary/aromatic N) is 2. The van der Waals surface area contributed by atoms with E-state index in [1.807, 2.05) is 29.2 Å². The van der Waals surface area contributed by atoms with E-state index in [1.54, 1.807) is 26.0 Å². The lowest BCUT2D eigenvalue weighted by Crippen LogP contribution is -2.37. The number of benzene rings is 2. The molecule has 1 atom stereocenters. The highest BCUT2D eigenvalue weighted by atomic mass is 35.5. The third-order valence-electron chi connectivity index (χ3n) is 5.79. The molecule has 1 heterocycles. The predicted octanol–water partition coefficient (Wildman–Crippen LogP) is 4.23. The van der Waals surface area contributed by atoms with E-state index in [0.717, 1.165) is 18.4 Å². The van der Waals surface area contributed by atoms with Crippen molar-refractivity contribution in [2.75, 3.05) is 26.7 Å². The number of ether oxygens (including phenoxy) is 1. The standard InChI is InChI=1S/C23H29ClN2O4S/c1-4-25(5-2)31(28,29)22-16-18(12-13-21(22)30-3)23(27)26-14-8-10-19(26)15-17-9-6-7-11-20(17)24/h6-7,9,11-13,16,19H,4-5,8,10,14-15H2,1-3H3. The molecule has 2 aromatic rings. The van der Waals surface area contributed by atoms with Crippen LogP contribution in [-0.4, -0.2) is 56.3 Å². The molecule has 1 amide bonds. The van der Waals surface area contributed by atoms with Gasteiger partial charge in [-0.25, -0.2) is 8.42 Å². The van der Waals surface area contributed by atoms with E-state index in [1.165, 1.54) is 17.5 Å². The molecule has 8 heteroatoms. The summed E-state index contributed by atoms with van der Waals surface area (Å²) >= 11 is 6.32. The lowest BCUT2D eigenvalue weighted by atomic mass is 10.0. The summed E-state index contributed by atoms with van der Waals surface area (Å²) in [5.41, 5.74) is 1.35. The van der Waals surface area contributed by atoms with E-state index in [4.69, 9.17) is 16.3 Å². The van der Waals surface area contributed by atoms with Crippen LogP contribution in [0.4, 0.5) is 0 Å². The Kier molecular flexibility index (Phi) is 7.62. The molecule has 6 nitrogen and oxygen atoms in total. The average Bonchev–Trinajstić information content (AvgIpc) is 3.23. The summed E-state index contributed by atoms with van der Waals surface area (Å²) in [5.74, 6) is 0.0608. The van der Waals surface area contributed by atoms with Gasteiger partial charge in [0.05, 0.1) is 7.11 Å². The van der Waals surface area contributed by atoms with Crippen molar-refractivity contribution < 1.29 is 17.9 Å². The van der Waals surface area contributed by atoms with Gasteiger partial charge in [0.1, 0.15) is 10.6 Å². The van der Waals surface area contributed by atoms with Crippen LogP contribution >= 0.6 is 11.6 Å². The molecule has 0 N–H and O–H groups in total. The van der Waals surface area contributed by atoms with Gasteiger partial charge in [-0.15, -0.1) is 0 Å². The van der Waals surface area contributed by atoms with Crippen LogP contribution in [0.25, 0.3) is 0 Å². The third-order valence-corrected chi connectivity index (χ3v) is 8.22. The number of carbonyl (C=O) groups excluding carboxylic acids is 1. The summed E-state index contributed by atoms with van der Waals surface area (Å²) in [6.07, 6.45) is 2.46. The minimum absolute atomic E-state index is 0.0198. The van der Waals surface area contributed by atoms with Crippen LogP contribution in [0.3, 0.4) is 0 Å². The first-order valence-corrected chi connectivity index (χ1v) is 12.4. The van der Waals surface area contributed by atoms with Gasteiger partial charge in [0.15, 0.2) is 0 Å². The Labute approximate surface area is 189 Å². The van der Waals surface area contributed by atoms with Crippen molar-refractivity contribution in [2.24, 2.45) is 0 Å². The van der Waals surface area contributed by atoms with Crippen molar-refractivity contribution >= 4 is 27.5 Å². The lowest BCUT2D eigenvalue weighted by Gasteiger charge is -2.26. The minimum Gasteiger partial charge on any atom is -0.495 e. The summed E-state index contributed by atoms with van der Waals surface area (Å²) in [7, 11) is -2.34. The number of methoxy groups -OCH3 is 1. The Morgan fingerprint density at radius 2 is 1.90 bits per heavy atom. The molecule has 0 bridgehead atoms. The molecule has 168 valence electrons. The maximum Gasteiger partial charge on any atom is 0.254 e. The van der Waals surface area contributed by atoms with Crippen molar-refractivity contribution in [1.29, 1.82) is 0 Å². The molecule has 1 fully saturated rings. The molecule has 1 aliphatic heterocycles. The van der Waals surface area contributed by atoms with Crippen molar-refractivity contribution in [1.82, 2.24) is 9.21 Å². The summed E-state index contributed by atoms with van der Waals surface area (Å²) in [6.45, 7) is 4.88. The second kappa shape index (κ2) is 10.0. The van der Waals surface area contributed by atoms with Crippen molar-refractivity contribution in [3.8, 4) is 5.75 Å². The summed E-state index contributed by atoms with van der Waals surface area (Å²) in [5, 5.41) is 0.693. The summed E-state index contributed by atoms with van der Waals surface area (Å²) in [4.78, 5) is 15.2. The number of amides is 1. The molecule has 3 rings (SSSR count). The zero-order valence-corrected chi connectivity index (χ0v) is 19.7. The van der Waals surface area contributed by atoms with Crippen LogP contribution in [0, 0.1) is 0 Å². The minimum atomic E-state index is -3.77. The van der Waals surface area contributed by atoms with E-state index >= 15 is 0 Å². The number of rotatable bonds is 8. The normalized spacial score (nSPS) is 16.7. The van der Waals surface area contributed by atoms with Crippen LogP contribution in [-0.2, 0) is 16.4 Å². The van der Waals surface area contributed by atoms with Crippen LogP contribution in [0.1, 0.15) is 42.6 Å². The van der Waals surface area contributed by atoms with Crippen LogP contribution in [0.15, 0.2) is 47.4 Å². The average molecular weight is 465 g/mol. The zero-order valence-electron chi connectivity index (χ0n) is 18.2. The first-order chi connectivity index (χ1) is 14.8. The Morgan fingerprint density at radius 3 is 2.55 bits per heavy atom. The van der Waals surface area contributed by atoms with E-state index in [9.17, 15) is 13.2 Å². The fraction of sp³-hybridized carbons (Fsp3) is 0.435.